The molecule has 0 aliphatic rings. The summed E-state index contributed by atoms with van der Waals surface area (Å²) in [5.41, 5.74) is 1.35. The summed E-state index contributed by atoms with van der Waals surface area (Å²) in [6.07, 6.45) is 0.626. The monoisotopic (exact) mass is 265 g/mol. The van der Waals surface area contributed by atoms with Crippen LogP contribution in [0.4, 0.5) is 5.69 Å². The summed E-state index contributed by atoms with van der Waals surface area (Å²) in [5.74, 6) is -0.946. The van der Waals surface area contributed by atoms with Gasteiger partial charge in [-0.05, 0) is 36.1 Å². The van der Waals surface area contributed by atoms with Crippen molar-refractivity contribution in [3.8, 4) is 5.75 Å². The second-order valence-corrected chi connectivity index (χ2v) is 4.52. The highest BCUT2D eigenvalue weighted by molar-refractivity contribution is 5.92. The van der Waals surface area contributed by atoms with Gasteiger partial charge in [-0.15, -0.1) is 0 Å². The van der Waals surface area contributed by atoms with Gasteiger partial charge >= 0.3 is 5.97 Å². The maximum Gasteiger partial charge on any atom is 0.303 e. The molecular formula is C14H19NO4. The number of carboxylic acid groups (broad SMARTS) is 1. The first-order valence-electron chi connectivity index (χ1n) is 6.28. The minimum absolute atomic E-state index is 0.0606. The van der Waals surface area contributed by atoms with Gasteiger partial charge in [0.1, 0.15) is 5.75 Å². The van der Waals surface area contributed by atoms with E-state index < -0.39 is 5.97 Å². The van der Waals surface area contributed by atoms with Gasteiger partial charge in [0.15, 0.2) is 0 Å². The number of rotatable bonds is 6. The zero-order valence-corrected chi connectivity index (χ0v) is 11.1. The van der Waals surface area contributed by atoms with Crippen LogP contribution in [0, 0.1) is 0 Å². The van der Waals surface area contributed by atoms with Crippen molar-refractivity contribution in [2.45, 2.75) is 39.0 Å². The lowest BCUT2D eigenvalue weighted by Gasteiger charge is -2.13. The summed E-state index contributed by atoms with van der Waals surface area (Å²) in [6, 6.07) is 4.86. The maximum atomic E-state index is 11.5. The summed E-state index contributed by atoms with van der Waals surface area (Å²) >= 11 is 0. The number of carbonyl (C=O) groups is 2. The Morgan fingerprint density at radius 2 is 2.00 bits per heavy atom. The number of hydrogen-bond acceptors (Lipinski definition) is 3. The van der Waals surface area contributed by atoms with E-state index in [1.54, 1.807) is 12.1 Å². The zero-order valence-electron chi connectivity index (χ0n) is 11.1. The number of carboxylic acids is 1. The largest absolute Gasteiger partial charge is 0.508 e. The Morgan fingerprint density at radius 3 is 2.58 bits per heavy atom. The highest BCUT2D eigenvalue weighted by Gasteiger charge is 2.11. The van der Waals surface area contributed by atoms with E-state index >= 15 is 0 Å². The average molecular weight is 265 g/mol. The Bertz CT molecular complexity index is 471. The molecule has 0 radical (unpaired) electrons. The molecule has 0 saturated heterocycles. The highest BCUT2D eigenvalue weighted by Crippen LogP contribution is 2.30. The predicted molar refractivity (Wildman–Crippen MR) is 72.3 cm³/mol. The Labute approximate surface area is 112 Å². The molecule has 0 aliphatic heterocycles. The van der Waals surface area contributed by atoms with E-state index in [-0.39, 0.29) is 30.4 Å². The third kappa shape index (κ3) is 4.62. The van der Waals surface area contributed by atoms with Crippen LogP contribution in [0.2, 0.25) is 0 Å². The fourth-order valence-corrected chi connectivity index (χ4v) is 1.69. The fraction of sp³-hybridized carbons (Fsp3) is 0.429. The minimum atomic E-state index is -0.999. The van der Waals surface area contributed by atoms with Gasteiger partial charge in [-0.3, -0.25) is 9.59 Å². The second kappa shape index (κ2) is 6.78. The molecule has 0 fully saturated rings. The lowest BCUT2D eigenvalue weighted by atomic mass is 9.97. The van der Waals surface area contributed by atoms with E-state index in [1.165, 1.54) is 6.07 Å². The summed E-state index contributed by atoms with van der Waals surface area (Å²) in [6.45, 7) is 4.01. The molecule has 0 spiro atoms. The maximum absolute atomic E-state index is 11.5. The number of aliphatic carboxylic acids is 1. The zero-order chi connectivity index (χ0) is 14.4. The molecule has 5 heteroatoms. The van der Waals surface area contributed by atoms with Gasteiger partial charge in [0.05, 0.1) is 6.42 Å². The van der Waals surface area contributed by atoms with Crippen molar-refractivity contribution in [1.29, 1.82) is 0 Å². The lowest BCUT2D eigenvalue weighted by molar-refractivity contribution is -0.138. The first-order valence-corrected chi connectivity index (χ1v) is 6.28. The number of anilines is 1. The van der Waals surface area contributed by atoms with Crippen LogP contribution >= 0.6 is 0 Å². The fourth-order valence-electron chi connectivity index (χ4n) is 1.69. The van der Waals surface area contributed by atoms with Gasteiger partial charge in [0.25, 0.3) is 0 Å². The number of nitrogens with one attached hydrogen (secondary N) is 1. The molecule has 0 aliphatic carbocycles. The first kappa shape index (κ1) is 15.0. The van der Waals surface area contributed by atoms with Gasteiger partial charge in [0, 0.05) is 12.1 Å². The average Bonchev–Trinajstić information content (AvgIpc) is 2.37. The summed E-state index contributed by atoms with van der Waals surface area (Å²) in [4.78, 5) is 21.9. The molecule has 0 saturated carbocycles. The number of hydrogen-bond donors (Lipinski definition) is 3. The number of benzene rings is 1. The summed E-state index contributed by atoms with van der Waals surface area (Å²) in [5, 5.41) is 20.9. The number of phenols is 1. The molecule has 104 valence electrons. The topological polar surface area (TPSA) is 86.6 Å². The Balaban J connectivity index is 2.74. The standard InChI is InChI=1S/C14H19NO4/c1-3-9(2)11-8-10(4-5-12(11)16)15-13(17)6-7-14(18)19/h4-5,8-9,16H,3,6-7H2,1-2H3,(H,15,17)(H,18,19). The van der Waals surface area contributed by atoms with Gasteiger partial charge in [-0.2, -0.15) is 0 Å². The molecule has 5 nitrogen and oxygen atoms in total. The molecule has 1 aromatic rings. The van der Waals surface area contributed by atoms with Gasteiger partial charge in [-0.25, -0.2) is 0 Å². The summed E-state index contributed by atoms with van der Waals surface area (Å²) in [7, 11) is 0. The van der Waals surface area contributed by atoms with Crippen molar-refractivity contribution in [3.05, 3.63) is 23.8 Å². The first-order chi connectivity index (χ1) is 8.93. The number of aromatic hydroxyl groups is 1. The van der Waals surface area contributed by atoms with Crippen LogP contribution in [0.3, 0.4) is 0 Å². The van der Waals surface area contributed by atoms with E-state index in [9.17, 15) is 14.7 Å². The third-order valence-electron chi connectivity index (χ3n) is 3.02. The van der Waals surface area contributed by atoms with E-state index in [2.05, 4.69) is 5.32 Å². The van der Waals surface area contributed by atoms with Crippen LogP contribution in [0.25, 0.3) is 0 Å². The molecule has 1 atom stereocenters. The van der Waals surface area contributed by atoms with E-state index in [1.807, 2.05) is 13.8 Å². The molecule has 1 amide bonds. The quantitative estimate of drug-likeness (QED) is 0.690. The van der Waals surface area contributed by atoms with Crippen molar-refractivity contribution in [2.24, 2.45) is 0 Å². The van der Waals surface area contributed by atoms with Crippen molar-refractivity contribution in [2.75, 3.05) is 5.32 Å². The number of amides is 1. The predicted octanol–water partition coefficient (Wildman–Crippen LogP) is 2.71. The van der Waals surface area contributed by atoms with Crippen molar-refractivity contribution in [1.82, 2.24) is 0 Å². The van der Waals surface area contributed by atoms with Crippen LogP contribution in [0.5, 0.6) is 5.75 Å². The van der Waals surface area contributed by atoms with Crippen molar-refractivity contribution >= 4 is 17.6 Å². The van der Waals surface area contributed by atoms with Crippen LogP contribution in [-0.4, -0.2) is 22.1 Å². The van der Waals surface area contributed by atoms with E-state index in [0.29, 0.717) is 5.69 Å². The molecule has 19 heavy (non-hydrogen) atoms. The van der Waals surface area contributed by atoms with Gasteiger partial charge in [-0.1, -0.05) is 13.8 Å². The lowest BCUT2D eigenvalue weighted by Crippen LogP contribution is -2.13. The van der Waals surface area contributed by atoms with Crippen molar-refractivity contribution < 1.29 is 19.8 Å². The molecule has 0 bridgehead atoms. The molecular weight excluding hydrogens is 246 g/mol. The molecule has 1 rings (SSSR count). The Kier molecular flexibility index (Phi) is 5.36. The number of carbonyl (C=O) groups excluding carboxylic acids is 1. The molecule has 0 aromatic heterocycles. The van der Waals surface area contributed by atoms with Crippen LogP contribution < -0.4 is 5.32 Å². The smallest absolute Gasteiger partial charge is 0.303 e. The van der Waals surface area contributed by atoms with E-state index in [0.717, 1.165) is 12.0 Å². The molecule has 1 aromatic carbocycles. The minimum Gasteiger partial charge on any atom is -0.508 e. The number of phenolic OH excluding ortho intramolecular Hbond substituents is 1. The normalized spacial score (nSPS) is 11.9. The molecule has 1 unspecified atom stereocenters. The second-order valence-electron chi connectivity index (χ2n) is 4.52. The van der Waals surface area contributed by atoms with Crippen LogP contribution in [0.15, 0.2) is 18.2 Å². The van der Waals surface area contributed by atoms with Gasteiger partial charge < -0.3 is 15.5 Å². The Hall–Kier alpha value is -2.04. The van der Waals surface area contributed by atoms with Crippen molar-refractivity contribution in [3.63, 3.8) is 0 Å². The Morgan fingerprint density at radius 1 is 1.32 bits per heavy atom. The summed E-state index contributed by atoms with van der Waals surface area (Å²) < 4.78 is 0. The van der Waals surface area contributed by atoms with E-state index in [4.69, 9.17) is 5.11 Å². The molecule has 0 heterocycles. The molecule has 3 N–H and O–H groups in total. The highest BCUT2D eigenvalue weighted by atomic mass is 16.4. The SMILES string of the molecule is CCC(C)c1cc(NC(=O)CCC(=O)O)ccc1O. The van der Waals surface area contributed by atoms with Gasteiger partial charge in [0.2, 0.25) is 5.91 Å². The van der Waals surface area contributed by atoms with Crippen LogP contribution in [-0.2, 0) is 9.59 Å². The third-order valence-corrected chi connectivity index (χ3v) is 3.02. The van der Waals surface area contributed by atoms with Crippen LogP contribution in [0.1, 0.15) is 44.6 Å².